The lowest BCUT2D eigenvalue weighted by molar-refractivity contribution is -0.119. The Morgan fingerprint density at radius 2 is 1.78 bits per heavy atom. The normalized spacial score (nSPS) is 10.2. The van der Waals surface area contributed by atoms with Crippen LogP contribution < -0.4 is 5.32 Å². The maximum Gasteiger partial charge on any atom is 0.338 e. The molecule has 0 saturated heterocycles. The first kappa shape index (κ1) is 17.0. The monoisotopic (exact) mass is 333 g/mol. The third-order valence-corrected chi connectivity index (χ3v) is 3.31. The standard InChI is InChI=1S/C17H16ClNO4/c1-22-10-12-6-8-13(9-7-12)17(21)23-11-16(20)19-15-5-3-2-4-14(15)18/h2-9H,10-11H2,1H3,(H,19,20). The molecule has 0 saturated carbocycles. The van der Waals surface area contributed by atoms with Crippen LogP contribution in [0.3, 0.4) is 0 Å². The van der Waals surface area contributed by atoms with Crippen molar-refractivity contribution in [2.45, 2.75) is 6.61 Å². The number of hydrogen-bond acceptors (Lipinski definition) is 4. The van der Waals surface area contributed by atoms with E-state index in [2.05, 4.69) is 5.32 Å². The summed E-state index contributed by atoms with van der Waals surface area (Å²) >= 11 is 5.93. The Morgan fingerprint density at radius 3 is 2.43 bits per heavy atom. The molecule has 0 aromatic heterocycles. The second-order valence-electron chi connectivity index (χ2n) is 4.73. The predicted molar refractivity (Wildman–Crippen MR) is 87.5 cm³/mol. The van der Waals surface area contributed by atoms with Gasteiger partial charge in [0.1, 0.15) is 0 Å². The summed E-state index contributed by atoms with van der Waals surface area (Å²) in [4.78, 5) is 23.7. The molecular formula is C17H16ClNO4. The molecule has 0 bridgehead atoms. The largest absolute Gasteiger partial charge is 0.452 e. The fourth-order valence-electron chi connectivity index (χ4n) is 1.87. The van der Waals surface area contributed by atoms with Crippen LogP contribution in [0, 0.1) is 0 Å². The Bertz CT molecular complexity index is 685. The van der Waals surface area contributed by atoms with Gasteiger partial charge in [0.05, 0.1) is 22.9 Å². The zero-order valence-electron chi connectivity index (χ0n) is 12.5. The average Bonchev–Trinajstić information content (AvgIpc) is 2.56. The number of anilines is 1. The molecule has 0 fully saturated rings. The van der Waals surface area contributed by atoms with E-state index < -0.39 is 11.9 Å². The Morgan fingerprint density at radius 1 is 1.09 bits per heavy atom. The first-order valence-corrected chi connectivity index (χ1v) is 7.27. The molecule has 5 nitrogen and oxygen atoms in total. The minimum absolute atomic E-state index is 0.371. The topological polar surface area (TPSA) is 64.6 Å². The van der Waals surface area contributed by atoms with Crippen LogP contribution in [0.25, 0.3) is 0 Å². The molecular weight excluding hydrogens is 318 g/mol. The van der Waals surface area contributed by atoms with Crippen molar-refractivity contribution in [1.29, 1.82) is 0 Å². The van der Waals surface area contributed by atoms with Crippen molar-refractivity contribution in [3.63, 3.8) is 0 Å². The summed E-state index contributed by atoms with van der Waals surface area (Å²) in [6.07, 6.45) is 0. The Balaban J connectivity index is 1.86. The zero-order chi connectivity index (χ0) is 16.7. The summed E-state index contributed by atoms with van der Waals surface area (Å²) in [5, 5.41) is 3.00. The van der Waals surface area contributed by atoms with Crippen molar-refractivity contribution in [2.24, 2.45) is 0 Å². The van der Waals surface area contributed by atoms with Crippen molar-refractivity contribution in [3.8, 4) is 0 Å². The first-order valence-electron chi connectivity index (χ1n) is 6.89. The van der Waals surface area contributed by atoms with E-state index in [-0.39, 0.29) is 6.61 Å². The van der Waals surface area contributed by atoms with Gasteiger partial charge in [-0.25, -0.2) is 4.79 Å². The number of carbonyl (C=O) groups is 2. The molecule has 120 valence electrons. The highest BCUT2D eigenvalue weighted by atomic mass is 35.5. The number of amides is 1. The van der Waals surface area contributed by atoms with Gasteiger partial charge in [-0.3, -0.25) is 4.79 Å². The van der Waals surface area contributed by atoms with Gasteiger partial charge in [0, 0.05) is 7.11 Å². The lowest BCUT2D eigenvalue weighted by atomic mass is 10.1. The predicted octanol–water partition coefficient (Wildman–Crippen LogP) is 3.28. The molecule has 0 atom stereocenters. The highest BCUT2D eigenvalue weighted by Crippen LogP contribution is 2.20. The summed E-state index contributed by atoms with van der Waals surface area (Å²) in [6, 6.07) is 13.6. The second-order valence-corrected chi connectivity index (χ2v) is 5.14. The molecule has 2 rings (SSSR count). The Labute approximate surface area is 139 Å². The number of methoxy groups -OCH3 is 1. The van der Waals surface area contributed by atoms with Crippen LogP contribution in [0.15, 0.2) is 48.5 Å². The van der Waals surface area contributed by atoms with Crippen LogP contribution in [-0.4, -0.2) is 25.6 Å². The summed E-state index contributed by atoms with van der Waals surface area (Å²) < 4.78 is 9.97. The van der Waals surface area contributed by atoms with Crippen LogP contribution in [0.4, 0.5) is 5.69 Å². The molecule has 0 unspecified atom stereocenters. The molecule has 0 aliphatic heterocycles. The van der Waals surface area contributed by atoms with Gasteiger partial charge in [0.15, 0.2) is 6.61 Å². The van der Waals surface area contributed by atoms with E-state index in [4.69, 9.17) is 21.1 Å². The van der Waals surface area contributed by atoms with Crippen molar-refractivity contribution < 1.29 is 19.1 Å². The number of halogens is 1. The molecule has 0 heterocycles. The zero-order valence-corrected chi connectivity index (χ0v) is 13.3. The molecule has 2 aromatic rings. The van der Waals surface area contributed by atoms with Gasteiger partial charge in [0.2, 0.25) is 0 Å². The van der Waals surface area contributed by atoms with Crippen LogP contribution in [0.1, 0.15) is 15.9 Å². The quantitative estimate of drug-likeness (QED) is 0.824. The van der Waals surface area contributed by atoms with Crippen LogP contribution in [0.5, 0.6) is 0 Å². The number of nitrogens with one attached hydrogen (secondary N) is 1. The average molecular weight is 334 g/mol. The molecule has 0 aliphatic rings. The smallest absolute Gasteiger partial charge is 0.338 e. The summed E-state index contributed by atoms with van der Waals surface area (Å²) in [6.45, 7) is 0.0828. The lowest BCUT2D eigenvalue weighted by Gasteiger charge is -2.08. The Hall–Kier alpha value is -2.37. The molecule has 1 N–H and O–H groups in total. The molecule has 2 aromatic carbocycles. The van der Waals surface area contributed by atoms with E-state index in [9.17, 15) is 9.59 Å². The Kier molecular flexibility index (Phi) is 6.14. The van der Waals surface area contributed by atoms with Crippen LogP contribution in [-0.2, 0) is 20.9 Å². The second kappa shape index (κ2) is 8.31. The van der Waals surface area contributed by atoms with Crippen molar-refractivity contribution >= 4 is 29.2 Å². The van der Waals surface area contributed by atoms with Gasteiger partial charge in [-0.1, -0.05) is 35.9 Å². The molecule has 0 spiro atoms. The van der Waals surface area contributed by atoms with Gasteiger partial charge >= 0.3 is 5.97 Å². The SMILES string of the molecule is COCc1ccc(C(=O)OCC(=O)Nc2ccccc2Cl)cc1. The van der Waals surface area contributed by atoms with Gasteiger partial charge < -0.3 is 14.8 Å². The van der Waals surface area contributed by atoms with Crippen molar-refractivity contribution in [1.82, 2.24) is 0 Å². The minimum atomic E-state index is -0.566. The number of carbonyl (C=O) groups excluding carboxylic acids is 2. The maximum absolute atomic E-state index is 11.9. The number of esters is 1. The molecule has 0 radical (unpaired) electrons. The third-order valence-electron chi connectivity index (χ3n) is 2.98. The fraction of sp³-hybridized carbons (Fsp3) is 0.176. The molecule has 23 heavy (non-hydrogen) atoms. The molecule has 0 aliphatic carbocycles. The van der Waals surface area contributed by atoms with Gasteiger partial charge in [0.25, 0.3) is 5.91 Å². The number of hydrogen-bond donors (Lipinski definition) is 1. The van der Waals surface area contributed by atoms with E-state index in [1.54, 1.807) is 55.6 Å². The first-order chi connectivity index (χ1) is 11.1. The van der Waals surface area contributed by atoms with Crippen molar-refractivity contribution in [3.05, 3.63) is 64.7 Å². The van der Waals surface area contributed by atoms with Crippen LogP contribution in [0.2, 0.25) is 5.02 Å². The van der Waals surface area contributed by atoms with E-state index >= 15 is 0 Å². The third kappa shape index (κ3) is 5.09. The minimum Gasteiger partial charge on any atom is -0.452 e. The van der Waals surface area contributed by atoms with E-state index in [1.807, 2.05) is 0 Å². The number of ether oxygens (including phenoxy) is 2. The fourth-order valence-corrected chi connectivity index (χ4v) is 2.05. The van der Waals surface area contributed by atoms with Crippen molar-refractivity contribution in [2.75, 3.05) is 19.0 Å². The number of benzene rings is 2. The van der Waals surface area contributed by atoms with Gasteiger partial charge in [-0.05, 0) is 29.8 Å². The summed E-state index contributed by atoms with van der Waals surface area (Å²) in [5.41, 5.74) is 1.79. The van der Waals surface area contributed by atoms with E-state index in [1.165, 1.54) is 0 Å². The highest BCUT2D eigenvalue weighted by molar-refractivity contribution is 6.33. The lowest BCUT2D eigenvalue weighted by Crippen LogP contribution is -2.21. The summed E-state index contributed by atoms with van der Waals surface area (Å²) in [5.74, 6) is -1.02. The van der Waals surface area contributed by atoms with E-state index in [0.717, 1.165) is 5.56 Å². The molecule has 6 heteroatoms. The van der Waals surface area contributed by atoms with Crippen LogP contribution >= 0.6 is 11.6 Å². The summed E-state index contributed by atoms with van der Waals surface area (Å²) in [7, 11) is 1.60. The van der Waals surface area contributed by atoms with Gasteiger partial charge in [-0.2, -0.15) is 0 Å². The maximum atomic E-state index is 11.9. The molecule has 1 amide bonds. The number of para-hydroxylation sites is 1. The number of rotatable bonds is 6. The highest BCUT2D eigenvalue weighted by Gasteiger charge is 2.11. The van der Waals surface area contributed by atoms with E-state index in [0.29, 0.717) is 22.9 Å². The van der Waals surface area contributed by atoms with Gasteiger partial charge in [-0.15, -0.1) is 0 Å².